The zero-order chi connectivity index (χ0) is 48.9. The maximum Gasteiger partial charge on any atom is 0.407 e. The molecule has 364 valence electrons. The van der Waals surface area contributed by atoms with Crippen molar-refractivity contribution < 1.29 is 28.7 Å². The van der Waals surface area contributed by atoms with Crippen LogP contribution in [0.15, 0.2) is 33.3 Å². The van der Waals surface area contributed by atoms with Gasteiger partial charge in [-0.3, -0.25) is 9.59 Å². The van der Waals surface area contributed by atoms with E-state index in [4.69, 9.17) is 20.9 Å². The van der Waals surface area contributed by atoms with Crippen LogP contribution in [0.3, 0.4) is 0 Å². The van der Waals surface area contributed by atoms with Crippen molar-refractivity contribution in [2.24, 2.45) is 21.5 Å². The summed E-state index contributed by atoms with van der Waals surface area (Å²) in [6.45, 7) is 23.5. The highest BCUT2D eigenvalue weighted by Crippen LogP contribution is 2.36. The molecule has 0 radical (unpaired) electrons. The van der Waals surface area contributed by atoms with Crippen molar-refractivity contribution in [3.05, 3.63) is 42.8 Å². The van der Waals surface area contributed by atoms with Gasteiger partial charge in [-0.05, 0) is 117 Å². The van der Waals surface area contributed by atoms with Gasteiger partial charge in [-0.25, -0.2) is 19.6 Å². The number of nitrogens with one attached hydrogen (secondary N) is 2. The van der Waals surface area contributed by atoms with Crippen molar-refractivity contribution in [3.8, 4) is 11.8 Å². The third-order valence-corrected chi connectivity index (χ3v) is 11.8. The molecule has 2 aromatic heterocycles. The SMILES string of the molecule is CCCN(CCC)C(=O)C1=Cc2sc(C#CCCCNC(=O)OC(C)(C)C)cc2N=C(N)C1.CCCN(CCC)C(=O)C1=Cc2sc(CCCCCNC(=O)OC(C)(C)C)cc2N=C(N)C1. The highest BCUT2D eigenvalue weighted by Gasteiger charge is 2.24. The highest BCUT2D eigenvalue weighted by atomic mass is 32.1. The second-order valence-corrected chi connectivity index (χ2v) is 20.6. The van der Waals surface area contributed by atoms with E-state index >= 15 is 0 Å². The van der Waals surface area contributed by atoms with Crippen LogP contribution in [0.1, 0.15) is 159 Å². The minimum absolute atomic E-state index is 0.0308. The van der Waals surface area contributed by atoms with Crippen molar-refractivity contribution in [2.45, 2.75) is 157 Å². The van der Waals surface area contributed by atoms with Gasteiger partial charge < -0.3 is 41.4 Å². The monoisotopic (exact) mass is 949 g/mol. The maximum atomic E-state index is 13.1. The van der Waals surface area contributed by atoms with Crippen LogP contribution in [0.25, 0.3) is 12.2 Å². The molecule has 0 bridgehead atoms. The molecule has 0 fully saturated rings. The molecular formula is C50H76N8O6S2. The molecule has 2 aromatic rings. The second-order valence-electron chi connectivity index (χ2n) is 18.4. The van der Waals surface area contributed by atoms with Gasteiger partial charge in [0.25, 0.3) is 0 Å². The van der Waals surface area contributed by atoms with E-state index in [0.29, 0.717) is 49.6 Å². The molecular weight excluding hydrogens is 873 g/mol. The van der Waals surface area contributed by atoms with Gasteiger partial charge in [-0.1, -0.05) is 46.0 Å². The summed E-state index contributed by atoms with van der Waals surface area (Å²) in [5.41, 5.74) is 14.3. The molecule has 4 amide bonds. The molecule has 0 atom stereocenters. The third-order valence-electron chi connectivity index (χ3n) is 9.64. The van der Waals surface area contributed by atoms with Crippen LogP contribution in [0, 0.1) is 11.8 Å². The van der Waals surface area contributed by atoms with Crippen LogP contribution in [0.4, 0.5) is 21.0 Å². The van der Waals surface area contributed by atoms with Crippen molar-refractivity contribution in [1.82, 2.24) is 20.4 Å². The Hall–Kier alpha value is -5.14. The van der Waals surface area contributed by atoms with Crippen molar-refractivity contribution in [1.29, 1.82) is 0 Å². The largest absolute Gasteiger partial charge is 0.444 e. The Labute approximate surface area is 402 Å². The van der Waals surface area contributed by atoms with Crippen LogP contribution in [0.2, 0.25) is 0 Å². The molecule has 4 rings (SSSR count). The van der Waals surface area contributed by atoms with E-state index in [1.807, 2.05) is 69.6 Å². The zero-order valence-electron chi connectivity index (χ0n) is 41.2. The summed E-state index contributed by atoms with van der Waals surface area (Å²) >= 11 is 3.20. The van der Waals surface area contributed by atoms with Gasteiger partial charge in [0.1, 0.15) is 22.9 Å². The number of carbonyl (C=O) groups excluding carboxylic acids is 4. The molecule has 0 spiro atoms. The van der Waals surface area contributed by atoms with Crippen LogP contribution in [-0.2, 0) is 25.5 Å². The molecule has 66 heavy (non-hydrogen) atoms. The number of nitrogens with two attached hydrogens (primary N) is 2. The number of aryl methyl sites for hydroxylation is 1. The first-order chi connectivity index (χ1) is 31.2. The molecule has 0 aliphatic carbocycles. The standard InChI is InChI=1S/C25H40N4O3S.C25H36N4O3S/c2*1-6-13-29(14-7-2)23(30)18-15-21-20(28-22(26)16-18)17-19(33-21)11-9-8-10-12-27-24(31)32-25(3,4)5/h15,17H,6-14,16H2,1-5H3,(H2,26,28)(H,27,31);15,17H,6-8,10,12-14,16H2,1-5H3,(H2,26,28)(H,27,31). The summed E-state index contributed by atoms with van der Waals surface area (Å²) in [6.07, 6.45) is 12.8. The fourth-order valence-electron chi connectivity index (χ4n) is 6.93. The number of rotatable bonds is 19. The molecule has 16 heteroatoms. The Morgan fingerprint density at radius 2 is 1.12 bits per heavy atom. The lowest BCUT2D eigenvalue weighted by molar-refractivity contribution is -0.128. The van der Waals surface area contributed by atoms with Gasteiger partial charge in [-0.15, -0.1) is 22.7 Å². The topological polar surface area (TPSA) is 194 Å². The number of hydrogen-bond donors (Lipinski definition) is 4. The summed E-state index contributed by atoms with van der Waals surface area (Å²) in [7, 11) is 0. The Kier molecular flexibility index (Phi) is 23.0. The number of amidine groups is 2. The number of hydrogen-bond acceptors (Lipinski definition) is 12. The molecule has 2 aliphatic rings. The van der Waals surface area contributed by atoms with Crippen LogP contribution in [0.5, 0.6) is 0 Å². The van der Waals surface area contributed by atoms with Crippen molar-refractivity contribution in [2.75, 3.05) is 39.3 Å². The van der Waals surface area contributed by atoms with Crippen LogP contribution >= 0.6 is 22.7 Å². The molecule has 0 aromatic carbocycles. The summed E-state index contributed by atoms with van der Waals surface area (Å²) in [5.74, 6) is 7.32. The lowest BCUT2D eigenvalue weighted by Gasteiger charge is -2.22. The summed E-state index contributed by atoms with van der Waals surface area (Å²) < 4.78 is 10.4. The number of fused-ring (bicyclic) bond motifs is 2. The lowest BCUT2D eigenvalue weighted by Crippen LogP contribution is -2.34. The lowest BCUT2D eigenvalue weighted by atomic mass is 10.1. The molecule has 0 saturated carbocycles. The fraction of sp³-hybridized carbons (Fsp3) is 0.600. The number of alkyl carbamates (subject to hydrolysis) is 2. The smallest absolute Gasteiger partial charge is 0.407 e. The van der Waals surface area contributed by atoms with Gasteiger partial charge in [0.2, 0.25) is 11.8 Å². The number of carbonyl (C=O) groups is 4. The Bertz CT molecular complexity index is 2110. The number of thiophene rings is 2. The Morgan fingerprint density at radius 3 is 1.59 bits per heavy atom. The first-order valence-electron chi connectivity index (χ1n) is 23.6. The van der Waals surface area contributed by atoms with E-state index in [1.165, 1.54) is 16.2 Å². The predicted octanol–water partition coefficient (Wildman–Crippen LogP) is 10.2. The molecule has 14 nitrogen and oxygen atoms in total. The first kappa shape index (κ1) is 55.2. The van der Waals surface area contributed by atoms with Gasteiger partial charge in [0.15, 0.2) is 0 Å². The third kappa shape index (κ3) is 20.2. The number of nitrogens with zero attached hydrogens (tertiary/aromatic N) is 4. The molecule has 4 heterocycles. The second kappa shape index (κ2) is 27.5. The van der Waals surface area contributed by atoms with Gasteiger partial charge in [-0.2, -0.15) is 0 Å². The summed E-state index contributed by atoms with van der Waals surface area (Å²) in [4.78, 5) is 66.4. The predicted molar refractivity (Wildman–Crippen MR) is 273 cm³/mol. The van der Waals surface area contributed by atoms with Crippen molar-refractivity contribution >= 4 is 81.9 Å². The summed E-state index contributed by atoms with van der Waals surface area (Å²) in [6, 6.07) is 4.00. The molecule has 0 unspecified atom stereocenters. The minimum Gasteiger partial charge on any atom is -0.444 e. The average Bonchev–Trinajstić information content (AvgIpc) is 3.69. The normalized spacial score (nSPS) is 13.2. The Morgan fingerprint density at radius 1 is 0.667 bits per heavy atom. The van der Waals surface area contributed by atoms with Gasteiger partial charge in [0, 0.05) is 74.6 Å². The van der Waals surface area contributed by atoms with Crippen LogP contribution < -0.4 is 22.1 Å². The number of amides is 4. The molecule has 2 aliphatic heterocycles. The first-order valence-corrected chi connectivity index (χ1v) is 25.2. The number of ether oxygens (including phenoxy) is 2. The van der Waals surface area contributed by atoms with Crippen LogP contribution in [-0.4, -0.2) is 95.9 Å². The van der Waals surface area contributed by atoms with Gasteiger partial charge >= 0.3 is 12.2 Å². The van der Waals surface area contributed by atoms with E-state index in [0.717, 1.165) is 116 Å². The fourth-order valence-corrected chi connectivity index (χ4v) is 8.98. The number of aliphatic imine (C=N–C) groups is 2. The summed E-state index contributed by atoms with van der Waals surface area (Å²) in [5, 5.41) is 5.53. The minimum atomic E-state index is -0.504. The highest BCUT2D eigenvalue weighted by molar-refractivity contribution is 7.14. The van der Waals surface area contributed by atoms with E-state index in [2.05, 4.69) is 66.2 Å². The Balaban J connectivity index is 0.000000350. The molecule has 6 N–H and O–H groups in total. The van der Waals surface area contributed by atoms with Gasteiger partial charge in [0.05, 0.1) is 26.0 Å². The van der Waals surface area contributed by atoms with E-state index in [9.17, 15) is 19.2 Å². The molecule has 0 saturated heterocycles. The zero-order valence-corrected chi connectivity index (χ0v) is 42.9. The van der Waals surface area contributed by atoms with E-state index in [1.54, 1.807) is 11.3 Å². The maximum absolute atomic E-state index is 13.1. The number of unbranched alkanes of at least 4 members (excludes halogenated alkanes) is 3. The van der Waals surface area contributed by atoms with E-state index in [-0.39, 0.29) is 17.9 Å². The average molecular weight is 949 g/mol. The van der Waals surface area contributed by atoms with E-state index < -0.39 is 17.3 Å². The van der Waals surface area contributed by atoms with Crippen molar-refractivity contribution in [3.63, 3.8) is 0 Å². The quantitative estimate of drug-likeness (QED) is 0.0789.